The Hall–Kier alpha value is -2.99. The minimum atomic E-state index is -0.792. The summed E-state index contributed by atoms with van der Waals surface area (Å²) in [6, 6.07) is 11.4. The van der Waals surface area contributed by atoms with Crippen LogP contribution < -0.4 is 9.47 Å². The van der Waals surface area contributed by atoms with Gasteiger partial charge in [0.25, 0.3) is 0 Å². The highest BCUT2D eigenvalue weighted by atomic mass is 19.2. The molecule has 0 heterocycles. The first kappa shape index (κ1) is 27.1. The quantitative estimate of drug-likeness (QED) is 0.258. The van der Waals surface area contributed by atoms with E-state index in [2.05, 4.69) is 6.58 Å². The van der Waals surface area contributed by atoms with E-state index in [9.17, 15) is 9.50 Å². The fourth-order valence-electron chi connectivity index (χ4n) is 5.29. The molecule has 2 aliphatic carbocycles. The summed E-state index contributed by atoms with van der Waals surface area (Å²) in [5, 5.41) is 9.81. The van der Waals surface area contributed by atoms with Crippen molar-refractivity contribution in [2.24, 2.45) is 17.8 Å². The Labute approximate surface area is 217 Å². The fraction of sp³-hybridized carbons (Fsp3) is 0.419. The maximum absolute atomic E-state index is 15.1. The molecule has 2 aromatic rings. The van der Waals surface area contributed by atoms with Crippen molar-refractivity contribution in [3.05, 3.63) is 89.8 Å². The monoisotopic (exact) mass is 512 g/mol. The second kappa shape index (κ2) is 12.5. The van der Waals surface area contributed by atoms with Crippen LogP contribution in [0, 0.1) is 23.6 Å². The highest BCUT2D eigenvalue weighted by Crippen LogP contribution is 2.45. The van der Waals surface area contributed by atoms with E-state index < -0.39 is 23.4 Å². The highest BCUT2D eigenvalue weighted by Gasteiger charge is 2.35. The van der Waals surface area contributed by atoms with E-state index in [4.69, 9.17) is 9.47 Å². The van der Waals surface area contributed by atoms with Crippen LogP contribution in [-0.4, -0.2) is 17.8 Å². The molecule has 3 nitrogen and oxygen atoms in total. The molecule has 1 saturated carbocycles. The van der Waals surface area contributed by atoms with E-state index in [1.807, 2.05) is 0 Å². The molecule has 0 amide bonds. The molecule has 6 heteroatoms. The third-order valence-electron chi connectivity index (χ3n) is 7.59. The molecule has 0 saturated heterocycles. The minimum Gasteiger partial charge on any atom is -0.493 e. The molecule has 2 aliphatic rings. The number of allylic oxidation sites excluding steroid dienone is 4. The van der Waals surface area contributed by atoms with Crippen molar-refractivity contribution in [3.8, 4) is 11.5 Å². The van der Waals surface area contributed by atoms with Gasteiger partial charge < -0.3 is 14.6 Å². The van der Waals surface area contributed by atoms with Crippen molar-refractivity contribution in [2.45, 2.75) is 58.2 Å². The lowest BCUT2D eigenvalue weighted by molar-refractivity contribution is 0.0785. The molecule has 1 fully saturated rings. The fourth-order valence-corrected chi connectivity index (χ4v) is 5.29. The van der Waals surface area contributed by atoms with Crippen molar-refractivity contribution in [1.29, 1.82) is 0 Å². The molecular formula is C31H35F3O3. The number of aliphatic hydroxyl groups is 1. The SMILES string of the molecule is C=CCCOc1ccc(COc2ccc(C3=CCC(C4CCC(C(C)O)CC4)C(F)=C3F)cc2)c(F)c1. The standard InChI is InChI=1S/C31H35F3O3/c1-3-4-17-36-26-14-11-24(29(32)18-26)19-37-25-12-9-23(10-13-25)28-16-15-27(30(33)31(28)34)22-7-5-21(6-8-22)20(2)35/h3,9-14,16,18,20-22,27,35H,1,4-8,15,17,19H2,2H3. The summed E-state index contributed by atoms with van der Waals surface area (Å²) < 4.78 is 55.7. The topological polar surface area (TPSA) is 38.7 Å². The van der Waals surface area contributed by atoms with Gasteiger partial charge in [-0.1, -0.05) is 24.3 Å². The molecule has 0 aliphatic heterocycles. The van der Waals surface area contributed by atoms with Crippen molar-refractivity contribution in [2.75, 3.05) is 6.61 Å². The first-order valence-electron chi connectivity index (χ1n) is 13.1. The summed E-state index contributed by atoms with van der Waals surface area (Å²) in [5.41, 5.74) is 1.22. The smallest absolute Gasteiger partial charge is 0.162 e. The zero-order valence-electron chi connectivity index (χ0n) is 21.3. The van der Waals surface area contributed by atoms with Gasteiger partial charge >= 0.3 is 0 Å². The highest BCUT2D eigenvalue weighted by molar-refractivity contribution is 5.78. The second-order valence-corrected chi connectivity index (χ2v) is 10.0. The number of ether oxygens (including phenoxy) is 2. The van der Waals surface area contributed by atoms with Crippen molar-refractivity contribution < 1.29 is 27.8 Å². The molecule has 0 radical (unpaired) electrons. The van der Waals surface area contributed by atoms with Gasteiger partial charge in [0.2, 0.25) is 0 Å². The summed E-state index contributed by atoms with van der Waals surface area (Å²) in [5.74, 6) is -1.01. The lowest BCUT2D eigenvalue weighted by atomic mass is 9.71. The summed E-state index contributed by atoms with van der Waals surface area (Å²) >= 11 is 0. The molecule has 0 aromatic heterocycles. The molecule has 0 bridgehead atoms. The summed E-state index contributed by atoms with van der Waals surface area (Å²) in [7, 11) is 0. The Balaban J connectivity index is 1.34. The Kier molecular flexibility index (Phi) is 9.14. The summed E-state index contributed by atoms with van der Waals surface area (Å²) in [6.07, 6.45) is 7.62. The lowest BCUT2D eigenvalue weighted by Gasteiger charge is -2.35. The van der Waals surface area contributed by atoms with Gasteiger partial charge in [0.1, 0.15) is 29.8 Å². The van der Waals surface area contributed by atoms with Crippen LogP contribution in [0.25, 0.3) is 5.57 Å². The largest absolute Gasteiger partial charge is 0.493 e. The normalized spacial score (nSPS) is 22.8. The maximum Gasteiger partial charge on any atom is 0.162 e. The lowest BCUT2D eigenvalue weighted by Crippen LogP contribution is -2.28. The van der Waals surface area contributed by atoms with Gasteiger partial charge in [-0.3, -0.25) is 0 Å². The number of hydrogen-bond acceptors (Lipinski definition) is 3. The van der Waals surface area contributed by atoms with Gasteiger partial charge in [-0.25, -0.2) is 13.2 Å². The number of benzene rings is 2. The van der Waals surface area contributed by atoms with Gasteiger partial charge in [-0.2, -0.15) is 0 Å². The van der Waals surface area contributed by atoms with E-state index in [-0.39, 0.29) is 30.1 Å². The van der Waals surface area contributed by atoms with Crippen LogP contribution >= 0.6 is 0 Å². The molecule has 198 valence electrons. The van der Waals surface area contributed by atoms with E-state index in [1.165, 1.54) is 6.07 Å². The second-order valence-electron chi connectivity index (χ2n) is 10.0. The predicted molar refractivity (Wildman–Crippen MR) is 140 cm³/mol. The Bertz CT molecular complexity index is 1130. The predicted octanol–water partition coefficient (Wildman–Crippen LogP) is 8.10. The van der Waals surface area contributed by atoms with Gasteiger partial charge in [-0.15, -0.1) is 6.58 Å². The van der Waals surface area contributed by atoms with Crippen molar-refractivity contribution >= 4 is 5.57 Å². The van der Waals surface area contributed by atoms with Crippen LogP contribution in [0.2, 0.25) is 0 Å². The number of halogens is 3. The number of hydrogen-bond donors (Lipinski definition) is 1. The van der Waals surface area contributed by atoms with Crippen molar-refractivity contribution in [3.63, 3.8) is 0 Å². The van der Waals surface area contributed by atoms with Crippen molar-refractivity contribution in [1.82, 2.24) is 0 Å². The van der Waals surface area contributed by atoms with Crippen LogP contribution in [0.5, 0.6) is 11.5 Å². The summed E-state index contributed by atoms with van der Waals surface area (Å²) in [4.78, 5) is 0. The van der Waals surface area contributed by atoms with Gasteiger partial charge in [0.15, 0.2) is 5.83 Å². The first-order valence-corrected chi connectivity index (χ1v) is 13.1. The molecule has 0 spiro atoms. The van der Waals surface area contributed by atoms with E-state index in [0.717, 1.165) is 25.7 Å². The zero-order valence-corrected chi connectivity index (χ0v) is 21.3. The maximum atomic E-state index is 15.1. The van der Waals surface area contributed by atoms with E-state index >= 15 is 8.78 Å². The average Bonchev–Trinajstić information content (AvgIpc) is 2.90. The molecule has 2 unspecified atom stereocenters. The molecular weight excluding hydrogens is 477 g/mol. The van der Waals surface area contributed by atoms with Crippen LogP contribution in [0.1, 0.15) is 56.6 Å². The number of rotatable bonds is 10. The van der Waals surface area contributed by atoms with Crippen LogP contribution in [0.3, 0.4) is 0 Å². The first-order chi connectivity index (χ1) is 17.9. The van der Waals surface area contributed by atoms with E-state index in [1.54, 1.807) is 55.5 Å². The van der Waals surface area contributed by atoms with Crippen LogP contribution in [0.15, 0.2) is 72.8 Å². The molecule has 4 rings (SSSR count). The van der Waals surface area contributed by atoms with Gasteiger partial charge in [-0.05, 0) is 87.1 Å². The molecule has 2 aromatic carbocycles. The van der Waals surface area contributed by atoms with Gasteiger partial charge in [0, 0.05) is 23.1 Å². The third kappa shape index (κ3) is 6.67. The van der Waals surface area contributed by atoms with E-state index in [0.29, 0.717) is 42.1 Å². The number of aliphatic hydroxyl groups excluding tert-OH is 1. The summed E-state index contributed by atoms with van der Waals surface area (Å²) in [6.45, 7) is 5.89. The molecule has 1 N–H and O–H groups in total. The van der Waals surface area contributed by atoms with Crippen LogP contribution in [0.4, 0.5) is 13.2 Å². The molecule has 2 atom stereocenters. The Morgan fingerprint density at radius 2 is 1.70 bits per heavy atom. The average molecular weight is 513 g/mol. The van der Waals surface area contributed by atoms with Crippen LogP contribution in [-0.2, 0) is 6.61 Å². The Morgan fingerprint density at radius 1 is 1.00 bits per heavy atom. The van der Waals surface area contributed by atoms with Gasteiger partial charge in [0.05, 0.1) is 12.7 Å². The third-order valence-corrected chi connectivity index (χ3v) is 7.59. The Morgan fingerprint density at radius 3 is 2.35 bits per heavy atom. The zero-order chi connectivity index (χ0) is 26.4. The molecule has 37 heavy (non-hydrogen) atoms. The minimum absolute atomic E-state index is 0.0304.